The van der Waals surface area contributed by atoms with Gasteiger partial charge in [-0.15, -0.1) is 6.58 Å². The van der Waals surface area contributed by atoms with E-state index in [-0.39, 0.29) is 0 Å². The van der Waals surface area contributed by atoms with Gasteiger partial charge in [-0.1, -0.05) is 6.08 Å². The van der Waals surface area contributed by atoms with Crippen LogP contribution in [-0.2, 0) is 6.54 Å². The van der Waals surface area contributed by atoms with Gasteiger partial charge in [0.1, 0.15) is 0 Å². The molecule has 0 aliphatic rings. The number of hydrogen-bond donors (Lipinski definition) is 1. The molecule has 2 rings (SSSR count). The lowest BCUT2D eigenvalue weighted by Gasteiger charge is -2.20. The lowest BCUT2D eigenvalue weighted by Crippen LogP contribution is -2.32. The second-order valence-corrected chi connectivity index (χ2v) is 6.17. The van der Waals surface area contributed by atoms with E-state index < -0.39 is 6.10 Å². The first-order chi connectivity index (χ1) is 10.5. The van der Waals surface area contributed by atoms with E-state index in [9.17, 15) is 5.11 Å². The predicted molar refractivity (Wildman–Crippen MR) is 92.1 cm³/mol. The largest absolute Gasteiger partial charge is 0.390 e. The number of aromatic nitrogens is 2. The summed E-state index contributed by atoms with van der Waals surface area (Å²) in [4.78, 5) is 6.61. The van der Waals surface area contributed by atoms with Gasteiger partial charge in [0.2, 0.25) is 0 Å². The van der Waals surface area contributed by atoms with E-state index in [1.54, 1.807) is 0 Å². The molecule has 0 amide bonds. The molecule has 0 aliphatic heterocycles. The Morgan fingerprint density at radius 2 is 2.09 bits per heavy atom. The molecule has 4 nitrogen and oxygen atoms in total. The number of likely N-dealkylation sites (N-methyl/N-ethyl adjacent to an activating group) is 1. The van der Waals surface area contributed by atoms with Crippen molar-refractivity contribution in [3.05, 3.63) is 42.2 Å². The summed E-state index contributed by atoms with van der Waals surface area (Å²) in [6.45, 7) is 10.2. The predicted octanol–water partition coefficient (Wildman–Crippen LogP) is 2.91. The summed E-state index contributed by atoms with van der Waals surface area (Å²) in [6, 6.07) is 4.26. The van der Waals surface area contributed by atoms with Crippen LogP contribution in [0.2, 0.25) is 0 Å². The van der Waals surface area contributed by atoms with E-state index in [0.717, 1.165) is 30.4 Å². The summed E-state index contributed by atoms with van der Waals surface area (Å²) in [7, 11) is 2.05. The fraction of sp³-hybridized carbons (Fsp3) is 0.500. The summed E-state index contributed by atoms with van der Waals surface area (Å²) in [6.07, 6.45) is 5.47. The molecule has 1 atom stereocenters. The molecule has 0 saturated carbocycles. The first-order valence-corrected chi connectivity index (χ1v) is 7.91. The van der Waals surface area contributed by atoms with Crippen molar-refractivity contribution in [1.29, 1.82) is 0 Å². The quantitative estimate of drug-likeness (QED) is 0.602. The molecule has 0 spiro atoms. The van der Waals surface area contributed by atoms with Gasteiger partial charge in [-0.05, 0) is 63.5 Å². The Kier molecular flexibility index (Phi) is 5.75. The van der Waals surface area contributed by atoms with Crippen molar-refractivity contribution in [2.45, 2.75) is 39.3 Å². The Bertz CT molecular complexity index is 633. The standard InChI is InChI=1S/C18H27N3O/c1-5-6-7-8-20(4)11-16(22)12-21-13-19-17-9-14(2)15(3)10-18(17)21/h5,9-10,13,16,22H,1,6-8,11-12H2,2-4H3. The van der Waals surface area contributed by atoms with Crippen molar-refractivity contribution in [1.82, 2.24) is 14.5 Å². The number of aliphatic hydroxyl groups is 1. The zero-order chi connectivity index (χ0) is 16.1. The Morgan fingerprint density at radius 1 is 1.36 bits per heavy atom. The van der Waals surface area contributed by atoms with Gasteiger partial charge in [0, 0.05) is 6.54 Å². The van der Waals surface area contributed by atoms with Crippen molar-refractivity contribution < 1.29 is 5.11 Å². The van der Waals surface area contributed by atoms with Crippen LogP contribution in [0.3, 0.4) is 0 Å². The molecular formula is C18H27N3O. The molecular weight excluding hydrogens is 274 g/mol. The molecule has 0 saturated heterocycles. The van der Waals surface area contributed by atoms with Crippen LogP contribution < -0.4 is 0 Å². The molecule has 0 fully saturated rings. The zero-order valence-corrected chi connectivity index (χ0v) is 13.9. The van der Waals surface area contributed by atoms with Crippen molar-refractivity contribution >= 4 is 11.0 Å². The lowest BCUT2D eigenvalue weighted by atomic mass is 10.1. The highest BCUT2D eigenvalue weighted by Gasteiger charge is 2.11. The summed E-state index contributed by atoms with van der Waals surface area (Å²) in [5.41, 5.74) is 4.59. The van der Waals surface area contributed by atoms with Crippen LogP contribution in [0.4, 0.5) is 0 Å². The monoisotopic (exact) mass is 301 g/mol. The van der Waals surface area contributed by atoms with Crippen molar-refractivity contribution in [2.75, 3.05) is 20.1 Å². The number of nitrogens with zero attached hydrogens (tertiary/aromatic N) is 3. The Hall–Kier alpha value is -1.65. The highest BCUT2D eigenvalue weighted by Crippen LogP contribution is 2.18. The van der Waals surface area contributed by atoms with E-state index in [4.69, 9.17) is 0 Å². The molecule has 1 unspecified atom stereocenters. The Balaban J connectivity index is 1.98. The minimum atomic E-state index is -0.396. The molecule has 0 aliphatic carbocycles. The molecule has 1 N–H and O–H groups in total. The maximum atomic E-state index is 10.3. The van der Waals surface area contributed by atoms with E-state index in [1.807, 2.05) is 24.0 Å². The number of imidazole rings is 1. The number of aliphatic hydroxyl groups excluding tert-OH is 1. The molecule has 4 heteroatoms. The van der Waals surface area contributed by atoms with Crippen LogP contribution in [-0.4, -0.2) is 45.8 Å². The second kappa shape index (κ2) is 7.56. The third kappa shape index (κ3) is 4.18. The number of aryl methyl sites for hydroxylation is 2. The molecule has 0 bridgehead atoms. The molecule has 2 aromatic rings. The number of unbranched alkanes of at least 4 members (excludes halogenated alkanes) is 1. The molecule has 1 aromatic heterocycles. The number of rotatable bonds is 8. The van der Waals surface area contributed by atoms with Gasteiger partial charge < -0.3 is 14.6 Å². The van der Waals surface area contributed by atoms with E-state index >= 15 is 0 Å². The van der Waals surface area contributed by atoms with E-state index in [0.29, 0.717) is 13.1 Å². The first-order valence-electron chi connectivity index (χ1n) is 7.91. The van der Waals surface area contributed by atoms with Gasteiger partial charge in [-0.25, -0.2) is 4.98 Å². The third-order valence-electron chi connectivity index (χ3n) is 4.11. The maximum absolute atomic E-state index is 10.3. The maximum Gasteiger partial charge on any atom is 0.0959 e. The van der Waals surface area contributed by atoms with Gasteiger partial charge in [0.15, 0.2) is 0 Å². The van der Waals surface area contributed by atoms with Crippen LogP contribution in [0.5, 0.6) is 0 Å². The van der Waals surface area contributed by atoms with Crippen LogP contribution in [0.25, 0.3) is 11.0 Å². The highest BCUT2D eigenvalue weighted by atomic mass is 16.3. The fourth-order valence-electron chi connectivity index (χ4n) is 2.70. The van der Waals surface area contributed by atoms with Crippen LogP contribution in [0, 0.1) is 13.8 Å². The topological polar surface area (TPSA) is 41.3 Å². The van der Waals surface area contributed by atoms with Crippen molar-refractivity contribution in [3.63, 3.8) is 0 Å². The average Bonchev–Trinajstić information content (AvgIpc) is 2.82. The lowest BCUT2D eigenvalue weighted by molar-refractivity contribution is 0.110. The summed E-state index contributed by atoms with van der Waals surface area (Å²) in [5.74, 6) is 0. The fourth-order valence-corrected chi connectivity index (χ4v) is 2.70. The third-order valence-corrected chi connectivity index (χ3v) is 4.11. The normalized spacial score (nSPS) is 13.0. The van der Waals surface area contributed by atoms with Gasteiger partial charge in [-0.3, -0.25) is 0 Å². The Labute approximate surface area is 133 Å². The summed E-state index contributed by atoms with van der Waals surface area (Å²) < 4.78 is 2.05. The van der Waals surface area contributed by atoms with E-state index in [1.165, 1.54) is 11.1 Å². The van der Waals surface area contributed by atoms with Crippen LogP contribution in [0.15, 0.2) is 31.1 Å². The van der Waals surface area contributed by atoms with Gasteiger partial charge in [0.25, 0.3) is 0 Å². The van der Waals surface area contributed by atoms with Crippen LogP contribution in [0.1, 0.15) is 24.0 Å². The van der Waals surface area contributed by atoms with Gasteiger partial charge in [0.05, 0.1) is 30.0 Å². The van der Waals surface area contributed by atoms with Crippen LogP contribution >= 0.6 is 0 Å². The highest BCUT2D eigenvalue weighted by molar-refractivity contribution is 5.77. The SMILES string of the molecule is C=CCCCN(C)CC(O)Cn1cnc2cc(C)c(C)cc21. The minimum absolute atomic E-state index is 0.396. The number of hydrogen-bond acceptors (Lipinski definition) is 3. The number of fused-ring (bicyclic) bond motifs is 1. The number of allylic oxidation sites excluding steroid dienone is 1. The molecule has 22 heavy (non-hydrogen) atoms. The van der Waals surface area contributed by atoms with E-state index in [2.05, 4.69) is 42.4 Å². The number of benzene rings is 1. The minimum Gasteiger partial charge on any atom is -0.390 e. The van der Waals surface area contributed by atoms with Crippen molar-refractivity contribution in [3.8, 4) is 0 Å². The zero-order valence-electron chi connectivity index (χ0n) is 13.9. The summed E-state index contributed by atoms with van der Waals surface area (Å²) in [5, 5.41) is 10.3. The smallest absolute Gasteiger partial charge is 0.0959 e. The first kappa shape index (κ1) is 16.7. The molecule has 1 heterocycles. The second-order valence-electron chi connectivity index (χ2n) is 6.17. The average molecular weight is 301 g/mol. The van der Waals surface area contributed by atoms with Gasteiger partial charge in [-0.2, -0.15) is 0 Å². The van der Waals surface area contributed by atoms with Gasteiger partial charge >= 0.3 is 0 Å². The van der Waals surface area contributed by atoms with Crippen molar-refractivity contribution in [2.24, 2.45) is 0 Å². The molecule has 120 valence electrons. The molecule has 1 aromatic carbocycles. The Morgan fingerprint density at radius 3 is 2.82 bits per heavy atom. The molecule has 0 radical (unpaired) electrons. The summed E-state index contributed by atoms with van der Waals surface area (Å²) >= 11 is 0.